The van der Waals surface area contributed by atoms with Crippen LogP contribution in [0.15, 0.2) is 48.9 Å². The van der Waals surface area contributed by atoms with Gasteiger partial charge in [-0.15, -0.1) is 0 Å². The molecule has 3 aliphatic heterocycles. The minimum Gasteiger partial charge on any atom is -0.331 e. The Bertz CT molecular complexity index is 1130. The third-order valence-corrected chi connectivity index (χ3v) is 10.1. The van der Waals surface area contributed by atoms with E-state index in [1.807, 2.05) is 12.3 Å². The van der Waals surface area contributed by atoms with E-state index in [1.165, 1.54) is 29.9 Å². The zero-order chi connectivity index (χ0) is 22.1. The molecule has 5 heterocycles. The standard InChI is InChI=1S/C25H31BN4OP/c1-4-7-10-19-15-20-17-24(6-3,32-31)25-18-23(25,5-2)26-28(21-11-8-9-12-27-21)13-14-29(26)22(16-19)30(20)25/h8-9,11-16H,4-7,10,17-18H2,1-3H3/q+1. The summed E-state index contributed by atoms with van der Waals surface area (Å²) in [6.07, 6.45) is 13.8. The molecule has 5 nitrogen and oxygen atoms in total. The Morgan fingerprint density at radius 1 is 1.16 bits per heavy atom. The Labute approximate surface area is 192 Å². The average Bonchev–Trinajstić information content (AvgIpc) is 3.19. The van der Waals surface area contributed by atoms with Crippen molar-refractivity contribution in [2.45, 2.75) is 81.7 Å². The lowest BCUT2D eigenvalue weighted by molar-refractivity contribution is -0.727. The van der Waals surface area contributed by atoms with Crippen molar-refractivity contribution in [2.24, 2.45) is 0 Å². The highest BCUT2D eigenvalue weighted by atomic mass is 31.1. The minimum atomic E-state index is -0.237. The summed E-state index contributed by atoms with van der Waals surface area (Å²) in [4.78, 5) is 9.54. The van der Waals surface area contributed by atoms with Crippen molar-refractivity contribution >= 4 is 27.1 Å². The number of hydrogen-bond donors (Lipinski definition) is 0. The fourth-order valence-corrected chi connectivity index (χ4v) is 8.27. The van der Waals surface area contributed by atoms with Crippen LogP contribution in [0.5, 0.6) is 0 Å². The predicted molar refractivity (Wildman–Crippen MR) is 129 cm³/mol. The molecule has 2 aromatic heterocycles. The number of hydrogen-bond acceptors (Lipinski definition) is 4. The number of unbranched alkanes of at least 4 members (excludes halogenated alkanes) is 1. The largest absolute Gasteiger partial charge is 0.518 e. The molecule has 3 unspecified atom stereocenters. The fourth-order valence-electron chi connectivity index (χ4n) is 7.36. The van der Waals surface area contributed by atoms with Crippen molar-refractivity contribution < 1.29 is 9.13 Å². The third kappa shape index (κ3) is 2.22. The second-order valence-corrected chi connectivity index (χ2v) is 11.1. The van der Waals surface area contributed by atoms with Crippen LogP contribution in [0.1, 0.15) is 64.1 Å². The van der Waals surface area contributed by atoms with E-state index >= 15 is 0 Å². The van der Waals surface area contributed by atoms with Crippen LogP contribution in [0.2, 0.25) is 5.31 Å². The summed E-state index contributed by atoms with van der Waals surface area (Å²) in [6.45, 7) is 6.98. The van der Waals surface area contributed by atoms with Gasteiger partial charge in [-0.3, -0.25) is 9.38 Å². The van der Waals surface area contributed by atoms with Crippen molar-refractivity contribution in [1.29, 1.82) is 0 Å². The van der Waals surface area contributed by atoms with Gasteiger partial charge in [0.15, 0.2) is 8.46 Å². The Kier molecular flexibility index (Phi) is 4.40. The maximum absolute atomic E-state index is 13.0. The van der Waals surface area contributed by atoms with Crippen LogP contribution >= 0.6 is 8.46 Å². The van der Waals surface area contributed by atoms with Crippen molar-refractivity contribution in [3.63, 3.8) is 0 Å². The fraction of sp³-hybridized carbons (Fsp3) is 0.520. The molecule has 7 heteroatoms. The molecule has 164 valence electrons. The molecule has 2 aromatic rings. The number of aryl methyl sites for hydroxylation is 1. The SMILES string of the molecule is CCCCc1cc2[n+]3c(c1)N1C=CN(c4ccccn4)B1C1(CC)CC31C(CC)(P=O)C2. The Morgan fingerprint density at radius 2 is 2.00 bits per heavy atom. The van der Waals surface area contributed by atoms with Gasteiger partial charge in [-0.05, 0) is 49.4 Å². The van der Waals surface area contributed by atoms with E-state index in [-0.39, 0.29) is 23.0 Å². The van der Waals surface area contributed by atoms with Crippen LogP contribution < -0.4 is 14.2 Å². The topological polar surface area (TPSA) is 40.3 Å². The molecule has 0 aromatic carbocycles. The molecule has 0 saturated heterocycles. The lowest BCUT2D eigenvalue weighted by Gasteiger charge is -2.40. The summed E-state index contributed by atoms with van der Waals surface area (Å²) in [5.41, 5.74) is 2.68. The third-order valence-electron chi connectivity index (χ3n) is 8.87. The summed E-state index contributed by atoms with van der Waals surface area (Å²) in [7, 11) is 0.293. The molecule has 1 spiro atoms. The molecule has 0 amide bonds. The van der Waals surface area contributed by atoms with Crippen LogP contribution in [-0.2, 0) is 22.9 Å². The van der Waals surface area contributed by atoms with Crippen LogP contribution in [0.4, 0.5) is 11.6 Å². The van der Waals surface area contributed by atoms with Crippen LogP contribution in [-0.4, -0.2) is 17.1 Å². The van der Waals surface area contributed by atoms with Crippen LogP contribution in [0.25, 0.3) is 0 Å². The van der Waals surface area contributed by atoms with Crippen LogP contribution in [0, 0.1) is 0 Å². The highest BCUT2D eigenvalue weighted by Gasteiger charge is 2.91. The summed E-state index contributed by atoms with van der Waals surface area (Å²) < 4.78 is 15.6. The molecule has 3 atom stereocenters. The van der Waals surface area contributed by atoms with Gasteiger partial charge in [0.2, 0.25) is 0 Å². The van der Waals surface area contributed by atoms with Gasteiger partial charge in [0, 0.05) is 31.3 Å². The Hall–Kier alpha value is -2.20. The summed E-state index contributed by atoms with van der Waals surface area (Å²) >= 11 is 0. The highest BCUT2D eigenvalue weighted by Crippen LogP contribution is 2.80. The van der Waals surface area contributed by atoms with Gasteiger partial charge in [-0.25, -0.2) is 9.55 Å². The van der Waals surface area contributed by atoms with Gasteiger partial charge in [0.05, 0.1) is 11.5 Å². The number of anilines is 2. The Morgan fingerprint density at radius 3 is 2.69 bits per heavy atom. The molecule has 0 N–H and O–H groups in total. The molecule has 1 fully saturated rings. The number of rotatable bonds is 7. The summed E-state index contributed by atoms with van der Waals surface area (Å²) in [6, 6.07) is 11.0. The molecule has 6 rings (SSSR count). The molecular formula is C25H31BN4OP+. The van der Waals surface area contributed by atoms with E-state index in [0.717, 1.165) is 37.9 Å². The molecule has 4 aliphatic rings. The number of pyridine rings is 2. The summed E-state index contributed by atoms with van der Waals surface area (Å²) in [5.74, 6) is 2.26. The Balaban J connectivity index is 1.58. The first-order valence-electron chi connectivity index (χ1n) is 12.2. The van der Waals surface area contributed by atoms with E-state index in [0.29, 0.717) is 8.46 Å². The first-order chi connectivity index (χ1) is 15.6. The zero-order valence-corrected chi connectivity index (χ0v) is 20.2. The highest BCUT2D eigenvalue weighted by molar-refractivity contribution is 7.26. The number of fused-ring (bicyclic) bond motifs is 3. The molecule has 0 radical (unpaired) electrons. The molecule has 1 saturated carbocycles. The van der Waals surface area contributed by atoms with Crippen molar-refractivity contribution in [2.75, 3.05) is 9.62 Å². The average molecular weight is 445 g/mol. The smallest absolute Gasteiger partial charge is 0.331 e. The lowest BCUT2D eigenvalue weighted by atomic mass is 9.51. The van der Waals surface area contributed by atoms with E-state index in [4.69, 9.17) is 4.98 Å². The second-order valence-electron chi connectivity index (χ2n) is 10.0. The van der Waals surface area contributed by atoms with E-state index < -0.39 is 0 Å². The molecular weight excluding hydrogens is 414 g/mol. The first kappa shape index (κ1) is 20.4. The summed E-state index contributed by atoms with van der Waals surface area (Å²) in [5, 5.41) is -0.200. The van der Waals surface area contributed by atoms with Crippen molar-refractivity contribution in [3.8, 4) is 0 Å². The van der Waals surface area contributed by atoms with Gasteiger partial charge >= 0.3 is 6.98 Å². The zero-order valence-electron chi connectivity index (χ0n) is 19.3. The van der Waals surface area contributed by atoms with E-state index in [9.17, 15) is 4.57 Å². The normalized spacial score (nSPS) is 31.2. The van der Waals surface area contributed by atoms with Crippen LogP contribution in [0.3, 0.4) is 0 Å². The maximum atomic E-state index is 13.0. The maximum Gasteiger partial charge on any atom is 0.518 e. The minimum absolute atomic E-state index is 0.0370. The van der Waals surface area contributed by atoms with Crippen molar-refractivity contribution in [1.82, 2.24) is 4.98 Å². The van der Waals surface area contributed by atoms with E-state index in [1.54, 1.807) is 0 Å². The number of nitrogens with zero attached hydrogens (tertiary/aromatic N) is 4. The molecule has 0 bridgehead atoms. The van der Waals surface area contributed by atoms with Gasteiger partial charge < -0.3 is 4.81 Å². The number of aromatic nitrogens is 2. The first-order valence-corrected chi connectivity index (χ1v) is 13.0. The molecule has 32 heavy (non-hydrogen) atoms. The van der Waals surface area contributed by atoms with Gasteiger partial charge in [0.25, 0.3) is 5.82 Å². The predicted octanol–water partition coefficient (Wildman–Crippen LogP) is 5.26. The molecule has 1 aliphatic carbocycles. The van der Waals surface area contributed by atoms with Gasteiger partial charge in [-0.1, -0.05) is 33.3 Å². The van der Waals surface area contributed by atoms with Gasteiger partial charge in [0.1, 0.15) is 22.2 Å². The van der Waals surface area contributed by atoms with Gasteiger partial charge in [-0.2, -0.15) is 0 Å². The lowest BCUT2D eigenvalue weighted by Crippen LogP contribution is -2.67. The second kappa shape index (κ2) is 6.90. The van der Waals surface area contributed by atoms with Crippen molar-refractivity contribution in [3.05, 3.63) is 60.2 Å². The quantitative estimate of drug-likeness (QED) is 0.331. The monoisotopic (exact) mass is 445 g/mol. The van der Waals surface area contributed by atoms with E-state index in [2.05, 4.69) is 71.6 Å².